The lowest BCUT2D eigenvalue weighted by Gasteiger charge is -2.25. The van der Waals surface area contributed by atoms with E-state index in [2.05, 4.69) is 5.32 Å². The van der Waals surface area contributed by atoms with Crippen LogP contribution in [0.1, 0.15) is 36.5 Å². The topological polar surface area (TPSA) is 66.5 Å². The molecule has 0 heterocycles. The molecular weight excluding hydrogens is 444 g/mol. The van der Waals surface area contributed by atoms with Gasteiger partial charge >= 0.3 is 0 Å². The molecule has 0 atom stereocenters. The first kappa shape index (κ1) is 23.8. The minimum absolute atomic E-state index is 0.106. The molecular formula is C25H27ClN2O3S. The van der Waals surface area contributed by atoms with Crippen molar-refractivity contribution in [3.8, 4) is 0 Å². The van der Waals surface area contributed by atoms with Crippen LogP contribution >= 0.6 is 11.6 Å². The van der Waals surface area contributed by atoms with Gasteiger partial charge in [0, 0.05) is 10.7 Å². The smallest absolute Gasteiger partial charge is 0.264 e. The maximum absolute atomic E-state index is 13.5. The van der Waals surface area contributed by atoms with E-state index >= 15 is 0 Å². The van der Waals surface area contributed by atoms with Crippen LogP contribution < -0.4 is 9.62 Å². The number of nitrogens with one attached hydrogen (secondary N) is 1. The van der Waals surface area contributed by atoms with Crippen LogP contribution in [0, 0.1) is 13.8 Å². The van der Waals surface area contributed by atoms with Crippen LogP contribution in [0.2, 0.25) is 5.02 Å². The first-order chi connectivity index (χ1) is 15.1. The third kappa shape index (κ3) is 5.31. The maximum atomic E-state index is 13.5. The van der Waals surface area contributed by atoms with Gasteiger partial charge in [0.05, 0.1) is 10.6 Å². The van der Waals surface area contributed by atoms with E-state index in [-0.39, 0.29) is 17.4 Å². The summed E-state index contributed by atoms with van der Waals surface area (Å²) in [6.45, 7) is 7.50. The van der Waals surface area contributed by atoms with Gasteiger partial charge in [-0.1, -0.05) is 67.4 Å². The van der Waals surface area contributed by atoms with Gasteiger partial charge in [-0.25, -0.2) is 8.42 Å². The lowest BCUT2D eigenvalue weighted by Crippen LogP contribution is -2.38. The van der Waals surface area contributed by atoms with E-state index in [9.17, 15) is 13.2 Å². The summed E-state index contributed by atoms with van der Waals surface area (Å²) < 4.78 is 28.1. The number of benzene rings is 3. The second kappa shape index (κ2) is 9.76. The molecule has 0 aliphatic carbocycles. The predicted molar refractivity (Wildman–Crippen MR) is 131 cm³/mol. The average molecular weight is 471 g/mol. The molecule has 3 aromatic rings. The molecule has 0 saturated heterocycles. The fourth-order valence-electron chi connectivity index (χ4n) is 3.44. The maximum Gasteiger partial charge on any atom is 0.264 e. The van der Waals surface area contributed by atoms with Gasteiger partial charge in [0.1, 0.15) is 6.54 Å². The van der Waals surface area contributed by atoms with E-state index in [0.29, 0.717) is 16.4 Å². The average Bonchev–Trinajstić information content (AvgIpc) is 2.73. The van der Waals surface area contributed by atoms with Crippen LogP contribution in [0.25, 0.3) is 0 Å². The fraction of sp³-hybridized carbons (Fsp3) is 0.240. The summed E-state index contributed by atoms with van der Waals surface area (Å²) in [5.74, 6) is -0.234. The van der Waals surface area contributed by atoms with Gasteiger partial charge in [0.2, 0.25) is 5.91 Å². The number of anilines is 2. The number of rotatable bonds is 7. The van der Waals surface area contributed by atoms with Gasteiger partial charge in [-0.15, -0.1) is 0 Å². The molecule has 1 amide bonds. The molecule has 0 radical (unpaired) electrons. The molecule has 0 aromatic heterocycles. The van der Waals surface area contributed by atoms with Crippen molar-refractivity contribution in [3.05, 3.63) is 88.4 Å². The number of hydrogen-bond acceptors (Lipinski definition) is 3. The van der Waals surface area contributed by atoms with Crippen molar-refractivity contribution >= 4 is 38.9 Å². The quantitative estimate of drug-likeness (QED) is 0.466. The normalized spacial score (nSPS) is 11.4. The number of hydrogen-bond donors (Lipinski definition) is 1. The highest BCUT2D eigenvalue weighted by atomic mass is 35.5. The molecule has 0 aliphatic heterocycles. The molecule has 168 valence electrons. The Hall–Kier alpha value is -2.83. The number of amides is 1. The molecule has 0 saturated carbocycles. The van der Waals surface area contributed by atoms with Crippen molar-refractivity contribution in [1.82, 2.24) is 0 Å². The Morgan fingerprint density at radius 3 is 2.28 bits per heavy atom. The SMILES string of the molecule is Cc1ccc(S(=O)(=O)N(CC(=O)Nc2c(C)cccc2C(C)C)c2cccc(Cl)c2)cc1. The summed E-state index contributed by atoms with van der Waals surface area (Å²) >= 11 is 6.13. The highest BCUT2D eigenvalue weighted by Crippen LogP contribution is 2.29. The van der Waals surface area contributed by atoms with Crippen LogP contribution in [0.15, 0.2) is 71.6 Å². The zero-order valence-corrected chi connectivity index (χ0v) is 20.2. The van der Waals surface area contributed by atoms with Gasteiger partial charge in [0.25, 0.3) is 10.0 Å². The van der Waals surface area contributed by atoms with Crippen LogP contribution in [-0.2, 0) is 14.8 Å². The Labute approximate surface area is 195 Å². The monoisotopic (exact) mass is 470 g/mol. The van der Waals surface area contributed by atoms with Crippen molar-refractivity contribution in [2.45, 2.75) is 38.5 Å². The van der Waals surface area contributed by atoms with Gasteiger partial charge in [-0.2, -0.15) is 0 Å². The zero-order valence-electron chi connectivity index (χ0n) is 18.6. The Bertz CT molecular complexity index is 1220. The van der Waals surface area contributed by atoms with E-state index < -0.39 is 15.9 Å². The molecule has 5 nitrogen and oxygen atoms in total. The third-order valence-electron chi connectivity index (χ3n) is 5.18. The number of nitrogens with zero attached hydrogens (tertiary/aromatic N) is 1. The first-order valence-electron chi connectivity index (χ1n) is 10.3. The number of aryl methyl sites for hydroxylation is 2. The predicted octanol–water partition coefficient (Wildman–Crippen LogP) is 5.91. The van der Waals surface area contributed by atoms with Crippen molar-refractivity contribution < 1.29 is 13.2 Å². The van der Waals surface area contributed by atoms with Gasteiger partial charge in [-0.05, 0) is 61.2 Å². The molecule has 32 heavy (non-hydrogen) atoms. The Balaban J connectivity index is 1.99. The molecule has 1 N–H and O–H groups in total. The largest absolute Gasteiger partial charge is 0.324 e. The van der Waals surface area contributed by atoms with Crippen molar-refractivity contribution in [3.63, 3.8) is 0 Å². The van der Waals surface area contributed by atoms with Gasteiger partial charge in [0.15, 0.2) is 0 Å². The highest BCUT2D eigenvalue weighted by molar-refractivity contribution is 7.92. The van der Waals surface area contributed by atoms with E-state index in [0.717, 1.165) is 21.0 Å². The summed E-state index contributed by atoms with van der Waals surface area (Å²) in [4.78, 5) is 13.2. The lowest BCUT2D eigenvalue weighted by atomic mass is 9.98. The van der Waals surface area contributed by atoms with Crippen molar-refractivity contribution in [1.29, 1.82) is 0 Å². The Morgan fingerprint density at radius 1 is 1.00 bits per heavy atom. The summed E-state index contributed by atoms with van der Waals surface area (Å²) in [5, 5.41) is 3.31. The number of halogens is 1. The summed E-state index contributed by atoms with van der Waals surface area (Å²) in [5.41, 5.74) is 3.89. The summed E-state index contributed by atoms with van der Waals surface area (Å²) in [7, 11) is -4.00. The lowest BCUT2D eigenvalue weighted by molar-refractivity contribution is -0.114. The molecule has 0 fully saturated rings. The third-order valence-corrected chi connectivity index (χ3v) is 7.21. The zero-order chi connectivity index (χ0) is 23.5. The molecule has 3 aromatic carbocycles. The highest BCUT2D eigenvalue weighted by Gasteiger charge is 2.28. The first-order valence-corrected chi connectivity index (χ1v) is 12.2. The molecule has 3 rings (SSSR count). The van der Waals surface area contributed by atoms with E-state index in [1.165, 1.54) is 6.07 Å². The molecule has 0 aliphatic rings. The number of para-hydroxylation sites is 1. The van der Waals surface area contributed by atoms with Crippen LogP contribution in [0.5, 0.6) is 0 Å². The van der Waals surface area contributed by atoms with Gasteiger partial charge < -0.3 is 5.32 Å². The standard InChI is InChI=1S/C25H27ClN2O3S/c1-17(2)23-10-5-7-19(4)25(23)27-24(29)16-28(21-9-6-8-20(26)15-21)32(30,31)22-13-11-18(3)12-14-22/h5-15,17H,16H2,1-4H3,(H,27,29). The van der Waals surface area contributed by atoms with Crippen LogP contribution in [0.4, 0.5) is 11.4 Å². The summed E-state index contributed by atoms with van der Waals surface area (Å²) in [6, 6.07) is 18.8. The molecule has 0 spiro atoms. The van der Waals surface area contributed by atoms with Crippen LogP contribution in [0.3, 0.4) is 0 Å². The van der Waals surface area contributed by atoms with E-state index in [1.54, 1.807) is 42.5 Å². The molecule has 0 unspecified atom stereocenters. The number of sulfonamides is 1. The second-order valence-corrected chi connectivity index (χ2v) is 10.3. The minimum atomic E-state index is -4.00. The van der Waals surface area contributed by atoms with Crippen molar-refractivity contribution in [2.75, 3.05) is 16.2 Å². The minimum Gasteiger partial charge on any atom is -0.324 e. The van der Waals surface area contributed by atoms with E-state index in [1.807, 2.05) is 45.9 Å². The van der Waals surface area contributed by atoms with Gasteiger partial charge in [-0.3, -0.25) is 9.10 Å². The Kier molecular flexibility index (Phi) is 7.26. The van der Waals surface area contributed by atoms with E-state index in [4.69, 9.17) is 11.6 Å². The van der Waals surface area contributed by atoms with Crippen LogP contribution in [-0.4, -0.2) is 20.9 Å². The Morgan fingerprint density at radius 2 is 1.66 bits per heavy atom. The number of carbonyl (C=O) groups excluding carboxylic acids is 1. The molecule has 7 heteroatoms. The fourth-order valence-corrected chi connectivity index (χ4v) is 5.03. The second-order valence-electron chi connectivity index (χ2n) is 8.05. The summed E-state index contributed by atoms with van der Waals surface area (Å²) in [6.07, 6.45) is 0. The molecule has 0 bridgehead atoms. The number of carbonyl (C=O) groups is 1. The van der Waals surface area contributed by atoms with Crippen molar-refractivity contribution in [2.24, 2.45) is 0 Å².